The van der Waals surface area contributed by atoms with Crippen LogP contribution in [0.2, 0.25) is 5.02 Å². The van der Waals surface area contributed by atoms with E-state index in [1.54, 1.807) is 40.1 Å². The van der Waals surface area contributed by atoms with E-state index >= 15 is 0 Å². The van der Waals surface area contributed by atoms with Crippen LogP contribution >= 0.6 is 27.5 Å². The first-order valence-electron chi connectivity index (χ1n) is 8.66. The van der Waals surface area contributed by atoms with Crippen LogP contribution in [0.1, 0.15) is 21.0 Å². The van der Waals surface area contributed by atoms with Gasteiger partial charge in [-0.25, -0.2) is 0 Å². The molecule has 1 N–H and O–H groups in total. The highest BCUT2D eigenvalue weighted by Gasteiger charge is 2.27. The molecule has 0 bridgehead atoms. The quantitative estimate of drug-likeness (QED) is 0.642. The average molecular weight is 464 g/mol. The van der Waals surface area contributed by atoms with Crippen molar-refractivity contribution >= 4 is 39.3 Å². The van der Waals surface area contributed by atoms with E-state index < -0.39 is 0 Å². The first-order valence-corrected chi connectivity index (χ1v) is 9.83. The lowest BCUT2D eigenvalue weighted by molar-refractivity contribution is 0.0514. The van der Waals surface area contributed by atoms with E-state index in [0.717, 1.165) is 5.56 Å². The number of aromatic amines is 1. The van der Waals surface area contributed by atoms with Crippen LogP contribution in [-0.2, 0) is 0 Å². The van der Waals surface area contributed by atoms with Crippen LogP contribution in [0, 0.1) is 0 Å². The van der Waals surface area contributed by atoms with Crippen molar-refractivity contribution in [3.63, 3.8) is 0 Å². The normalized spacial score (nSPS) is 14.4. The van der Waals surface area contributed by atoms with Gasteiger partial charge in [0.1, 0.15) is 5.69 Å². The molecule has 28 heavy (non-hydrogen) atoms. The molecule has 2 aromatic heterocycles. The Labute approximate surface area is 174 Å². The number of hydrogen-bond acceptors (Lipinski definition) is 4. The molecule has 144 valence electrons. The second-order valence-electron chi connectivity index (χ2n) is 6.36. The minimum atomic E-state index is -0.177. The number of piperazine rings is 1. The van der Waals surface area contributed by atoms with E-state index in [1.165, 1.54) is 0 Å². The van der Waals surface area contributed by atoms with Crippen molar-refractivity contribution in [1.29, 1.82) is 0 Å². The number of amides is 2. The summed E-state index contributed by atoms with van der Waals surface area (Å²) >= 11 is 9.10. The molecule has 0 atom stereocenters. The van der Waals surface area contributed by atoms with Crippen molar-refractivity contribution in [2.75, 3.05) is 26.2 Å². The van der Waals surface area contributed by atoms with Crippen molar-refractivity contribution in [1.82, 2.24) is 20.0 Å². The number of furan rings is 1. The number of carbonyl (C=O) groups excluding carboxylic acids is 2. The van der Waals surface area contributed by atoms with E-state index in [2.05, 4.69) is 26.1 Å². The van der Waals surface area contributed by atoms with Crippen molar-refractivity contribution in [3.8, 4) is 11.3 Å². The SMILES string of the molecule is O=C(c1cc(-c2ccc(Cl)cc2)n[nH]1)N1CCN(C(=O)c2ccc(Br)o2)CC1. The predicted octanol–water partition coefficient (Wildman–Crippen LogP) is 3.68. The molecule has 4 rings (SSSR count). The van der Waals surface area contributed by atoms with Gasteiger partial charge in [-0.15, -0.1) is 0 Å². The van der Waals surface area contributed by atoms with Crippen molar-refractivity contribution in [2.45, 2.75) is 0 Å². The molecule has 7 nitrogen and oxygen atoms in total. The lowest BCUT2D eigenvalue weighted by atomic mass is 10.1. The summed E-state index contributed by atoms with van der Waals surface area (Å²) in [5.74, 6) is -0.0299. The zero-order valence-electron chi connectivity index (χ0n) is 14.7. The van der Waals surface area contributed by atoms with Gasteiger partial charge in [0.2, 0.25) is 0 Å². The van der Waals surface area contributed by atoms with Gasteiger partial charge in [-0.1, -0.05) is 23.7 Å². The van der Waals surface area contributed by atoms with Crippen LogP contribution in [-0.4, -0.2) is 58.0 Å². The third kappa shape index (κ3) is 3.83. The molecule has 3 heterocycles. The summed E-state index contributed by atoms with van der Waals surface area (Å²) in [5.41, 5.74) is 1.97. The van der Waals surface area contributed by atoms with E-state index in [1.807, 2.05) is 12.1 Å². The predicted molar refractivity (Wildman–Crippen MR) is 107 cm³/mol. The molecule has 1 fully saturated rings. The van der Waals surface area contributed by atoms with Crippen molar-refractivity contribution in [2.24, 2.45) is 0 Å². The lowest BCUT2D eigenvalue weighted by Gasteiger charge is -2.34. The van der Waals surface area contributed by atoms with Gasteiger partial charge in [-0.05, 0) is 46.3 Å². The molecule has 0 saturated carbocycles. The van der Waals surface area contributed by atoms with Crippen LogP contribution in [0.25, 0.3) is 11.3 Å². The molecule has 1 aromatic carbocycles. The highest BCUT2D eigenvalue weighted by molar-refractivity contribution is 9.10. The van der Waals surface area contributed by atoms with E-state index in [9.17, 15) is 9.59 Å². The average Bonchev–Trinajstić information content (AvgIpc) is 3.37. The largest absolute Gasteiger partial charge is 0.444 e. The zero-order chi connectivity index (χ0) is 19.7. The number of carbonyl (C=O) groups is 2. The topological polar surface area (TPSA) is 82.4 Å². The summed E-state index contributed by atoms with van der Waals surface area (Å²) in [4.78, 5) is 28.6. The molecule has 1 aliphatic rings. The Kier molecular flexibility index (Phi) is 5.23. The summed E-state index contributed by atoms with van der Waals surface area (Å²) in [7, 11) is 0. The third-order valence-corrected chi connectivity index (χ3v) is 5.26. The molecule has 1 saturated heterocycles. The van der Waals surface area contributed by atoms with Crippen molar-refractivity contribution < 1.29 is 14.0 Å². The molecule has 3 aromatic rings. The Morgan fingerprint density at radius 3 is 2.25 bits per heavy atom. The van der Waals surface area contributed by atoms with Crippen LogP contribution in [0.15, 0.2) is 51.6 Å². The number of aromatic nitrogens is 2. The van der Waals surface area contributed by atoms with Gasteiger partial charge in [0.05, 0.1) is 5.69 Å². The number of benzene rings is 1. The van der Waals surface area contributed by atoms with Gasteiger partial charge >= 0.3 is 0 Å². The maximum atomic E-state index is 12.8. The summed E-state index contributed by atoms with van der Waals surface area (Å²) in [6.07, 6.45) is 0. The van der Waals surface area contributed by atoms with Gasteiger partial charge in [0.25, 0.3) is 11.8 Å². The molecular formula is C19H16BrClN4O3. The maximum absolute atomic E-state index is 12.8. The summed E-state index contributed by atoms with van der Waals surface area (Å²) < 4.78 is 5.83. The molecule has 0 aliphatic carbocycles. The van der Waals surface area contributed by atoms with E-state index in [-0.39, 0.29) is 17.6 Å². The van der Waals surface area contributed by atoms with Crippen LogP contribution in [0.5, 0.6) is 0 Å². The molecule has 1 aliphatic heterocycles. The number of H-pyrrole nitrogens is 1. The maximum Gasteiger partial charge on any atom is 0.289 e. The molecule has 0 radical (unpaired) electrons. The first kappa shape index (κ1) is 18.8. The van der Waals surface area contributed by atoms with Gasteiger partial charge in [0, 0.05) is 36.8 Å². The van der Waals surface area contributed by atoms with E-state index in [0.29, 0.717) is 47.3 Å². The Bertz CT molecular complexity index is 1010. The molecule has 0 spiro atoms. The minimum absolute atomic E-state index is 0.138. The van der Waals surface area contributed by atoms with Crippen LogP contribution in [0.3, 0.4) is 0 Å². The monoisotopic (exact) mass is 462 g/mol. The Balaban J connectivity index is 1.39. The van der Waals surface area contributed by atoms with Gasteiger partial charge in [-0.2, -0.15) is 5.10 Å². The highest BCUT2D eigenvalue weighted by atomic mass is 79.9. The fraction of sp³-hybridized carbons (Fsp3) is 0.211. The smallest absolute Gasteiger partial charge is 0.289 e. The molecular weight excluding hydrogens is 448 g/mol. The Hall–Kier alpha value is -2.58. The van der Waals surface area contributed by atoms with Crippen LogP contribution < -0.4 is 0 Å². The van der Waals surface area contributed by atoms with Crippen LogP contribution in [0.4, 0.5) is 0 Å². The van der Waals surface area contributed by atoms with Crippen molar-refractivity contribution in [3.05, 3.63) is 63.6 Å². The lowest BCUT2D eigenvalue weighted by Crippen LogP contribution is -2.50. The summed E-state index contributed by atoms with van der Waals surface area (Å²) in [6, 6.07) is 12.3. The second-order valence-corrected chi connectivity index (χ2v) is 7.58. The molecule has 0 unspecified atom stereocenters. The van der Waals surface area contributed by atoms with Gasteiger partial charge in [-0.3, -0.25) is 14.7 Å². The van der Waals surface area contributed by atoms with E-state index in [4.69, 9.17) is 16.0 Å². The summed E-state index contributed by atoms with van der Waals surface area (Å²) in [6.45, 7) is 1.78. The fourth-order valence-electron chi connectivity index (χ4n) is 3.07. The number of rotatable bonds is 3. The summed E-state index contributed by atoms with van der Waals surface area (Å²) in [5, 5.41) is 7.67. The third-order valence-electron chi connectivity index (χ3n) is 4.59. The highest BCUT2D eigenvalue weighted by Crippen LogP contribution is 2.21. The minimum Gasteiger partial charge on any atom is -0.444 e. The molecule has 2 amide bonds. The number of nitrogens with one attached hydrogen (secondary N) is 1. The standard InChI is InChI=1S/C19H16BrClN4O3/c20-17-6-5-16(28-17)19(27)25-9-7-24(8-10-25)18(26)15-11-14(22-23-15)12-1-3-13(21)4-2-12/h1-6,11H,7-10H2,(H,22,23). The second kappa shape index (κ2) is 7.81. The Morgan fingerprint density at radius 2 is 1.64 bits per heavy atom. The number of nitrogens with zero attached hydrogens (tertiary/aromatic N) is 3. The Morgan fingerprint density at radius 1 is 1.00 bits per heavy atom. The zero-order valence-corrected chi connectivity index (χ0v) is 17.0. The van der Waals surface area contributed by atoms with Gasteiger partial charge in [0.15, 0.2) is 10.4 Å². The first-order chi connectivity index (χ1) is 13.5. The number of hydrogen-bond donors (Lipinski definition) is 1. The van der Waals surface area contributed by atoms with Gasteiger partial charge < -0.3 is 14.2 Å². The fourth-order valence-corrected chi connectivity index (χ4v) is 3.50. The number of halogens is 2. The molecule has 9 heteroatoms.